The Labute approximate surface area is 155 Å². The minimum Gasteiger partial charge on any atom is -0.497 e. The summed E-state index contributed by atoms with van der Waals surface area (Å²) in [6, 6.07) is 16.6. The van der Waals surface area contributed by atoms with E-state index in [-0.39, 0.29) is 18.2 Å². The zero-order valence-electron chi connectivity index (χ0n) is 15.6. The highest BCUT2D eigenvalue weighted by atomic mass is 16.5. The monoisotopic (exact) mass is 354 g/mol. The number of likely N-dealkylation sites (N-methyl/N-ethyl adjacent to an activating group) is 1. The van der Waals surface area contributed by atoms with E-state index in [9.17, 15) is 9.59 Å². The molecule has 0 radical (unpaired) electrons. The summed E-state index contributed by atoms with van der Waals surface area (Å²) in [6.07, 6.45) is 0.808. The van der Waals surface area contributed by atoms with Gasteiger partial charge in [0.15, 0.2) is 0 Å². The molecule has 0 aromatic heterocycles. The molecule has 0 aliphatic heterocycles. The third-order valence-electron chi connectivity index (χ3n) is 4.32. The number of amides is 2. The molecule has 0 spiro atoms. The summed E-state index contributed by atoms with van der Waals surface area (Å²) >= 11 is 0. The zero-order valence-corrected chi connectivity index (χ0v) is 15.6. The lowest BCUT2D eigenvalue weighted by Crippen LogP contribution is -2.48. The summed E-state index contributed by atoms with van der Waals surface area (Å²) in [5, 5.41) is 2.67. The summed E-state index contributed by atoms with van der Waals surface area (Å²) < 4.78 is 5.27. The molecule has 1 unspecified atom stereocenters. The van der Waals surface area contributed by atoms with Gasteiger partial charge in [0.1, 0.15) is 11.8 Å². The number of rotatable bonds is 8. The second-order valence-corrected chi connectivity index (χ2v) is 6.07. The van der Waals surface area contributed by atoms with Crippen LogP contribution >= 0.6 is 0 Å². The molecule has 2 aromatic rings. The summed E-state index contributed by atoms with van der Waals surface area (Å²) in [5.74, 6) is 0.497. The molecule has 0 aliphatic carbocycles. The lowest BCUT2D eigenvalue weighted by Gasteiger charge is -2.30. The van der Waals surface area contributed by atoms with Crippen molar-refractivity contribution < 1.29 is 14.3 Å². The van der Waals surface area contributed by atoms with Gasteiger partial charge in [-0.05, 0) is 29.7 Å². The smallest absolute Gasteiger partial charge is 0.242 e. The third kappa shape index (κ3) is 5.09. The van der Waals surface area contributed by atoms with E-state index in [0.717, 1.165) is 16.9 Å². The molecular formula is C21H26N2O3. The molecule has 0 fully saturated rings. The van der Waals surface area contributed by atoms with Crippen LogP contribution < -0.4 is 10.1 Å². The maximum absolute atomic E-state index is 13.0. The van der Waals surface area contributed by atoms with Crippen molar-refractivity contribution in [3.05, 3.63) is 65.7 Å². The molecule has 5 nitrogen and oxygen atoms in total. The Kier molecular flexibility index (Phi) is 7.21. The largest absolute Gasteiger partial charge is 0.497 e. The number of hydrogen-bond acceptors (Lipinski definition) is 3. The second-order valence-electron chi connectivity index (χ2n) is 6.07. The Hall–Kier alpha value is -2.82. The molecule has 1 atom stereocenters. The number of nitrogens with one attached hydrogen (secondary N) is 1. The maximum atomic E-state index is 13.0. The predicted octanol–water partition coefficient (Wildman–Crippen LogP) is 2.79. The van der Waals surface area contributed by atoms with Crippen molar-refractivity contribution in [3.8, 4) is 5.75 Å². The van der Waals surface area contributed by atoms with E-state index in [0.29, 0.717) is 13.0 Å². The number of ether oxygens (including phenoxy) is 1. The molecule has 0 saturated carbocycles. The molecule has 26 heavy (non-hydrogen) atoms. The van der Waals surface area contributed by atoms with Crippen LogP contribution in [0.1, 0.15) is 24.5 Å². The van der Waals surface area contributed by atoms with Gasteiger partial charge in [0.2, 0.25) is 11.8 Å². The standard InChI is InChI=1S/C21H26N2O3/c1-4-19(21(25)22-2)23(15-17-11-8-12-18(13-17)26-3)20(24)14-16-9-6-5-7-10-16/h5-13,19H,4,14-15H2,1-3H3,(H,22,25). The first-order valence-corrected chi connectivity index (χ1v) is 8.77. The summed E-state index contributed by atoms with van der Waals surface area (Å²) in [6.45, 7) is 2.27. The van der Waals surface area contributed by atoms with Crippen LogP contribution in [0.4, 0.5) is 0 Å². The lowest BCUT2D eigenvalue weighted by molar-refractivity contribution is -0.140. The fourth-order valence-electron chi connectivity index (χ4n) is 2.93. The van der Waals surface area contributed by atoms with Crippen LogP contribution in [0, 0.1) is 0 Å². The number of nitrogens with zero attached hydrogens (tertiary/aromatic N) is 1. The van der Waals surface area contributed by atoms with Gasteiger partial charge >= 0.3 is 0 Å². The molecule has 0 saturated heterocycles. The van der Waals surface area contributed by atoms with Gasteiger partial charge in [0, 0.05) is 13.6 Å². The van der Waals surface area contributed by atoms with Gasteiger partial charge in [-0.15, -0.1) is 0 Å². The molecule has 1 N–H and O–H groups in total. The average molecular weight is 354 g/mol. The number of carbonyl (C=O) groups is 2. The van der Waals surface area contributed by atoms with Crippen LogP contribution in [0.25, 0.3) is 0 Å². The highest BCUT2D eigenvalue weighted by Crippen LogP contribution is 2.18. The fraction of sp³-hybridized carbons (Fsp3) is 0.333. The highest BCUT2D eigenvalue weighted by molar-refractivity contribution is 5.88. The highest BCUT2D eigenvalue weighted by Gasteiger charge is 2.28. The van der Waals surface area contributed by atoms with Crippen LogP contribution in [0.2, 0.25) is 0 Å². The van der Waals surface area contributed by atoms with E-state index in [2.05, 4.69) is 5.32 Å². The first-order chi connectivity index (χ1) is 12.6. The van der Waals surface area contributed by atoms with Crippen molar-refractivity contribution in [1.29, 1.82) is 0 Å². The predicted molar refractivity (Wildman–Crippen MR) is 102 cm³/mol. The minimum absolute atomic E-state index is 0.0746. The molecule has 138 valence electrons. The van der Waals surface area contributed by atoms with E-state index in [4.69, 9.17) is 4.74 Å². The van der Waals surface area contributed by atoms with Gasteiger partial charge in [-0.1, -0.05) is 49.4 Å². The van der Waals surface area contributed by atoms with E-state index in [1.807, 2.05) is 61.5 Å². The molecule has 0 heterocycles. The van der Waals surface area contributed by atoms with Gasteiger partial charge < -0.3 is 15.0 Å². The summed E-state index contributed by atoms with van der Waals surface area (Å²) in [7, 11) is 3.20. The van der Waals surface area contributed by atoms with Gasteiger partial charge in [-0.3, -0.25) is 9.59 Å². The van der Waals surface area contributed by atoms with Crippen LogP contribution in [0.15, 0.2) is 54.6 Å². The van der Waals surface area contributed by atoms with Crippen molar-refractivity contribution in [2.45, 2.75) is 32.4 Å². The van der Waals surface area contributed by atoms with Gasteiger partial charge in [-0.25, -0.2) is 0 Å². The maximum Gasteiger partial charge on any atom is 0.242 e. The number of methoxy groups -OCH3 is 1. The number of benzene rings is 2. The van der Waals surface area contributed by atoms with Crippen LogP contribution in [0.5, 0.6) is 5.75 Å². The SMILES string of the molecule is CCC(C(=O)NC)N(Cc1cccc(OC)c1)C(=O)Cc1ccccc1. The van der Waals surface area contributed by atoms with Crippen molar-refractivity contribution >= 4 is 11.8 Å². The molecular weight excluding hydrogens is 328 g/mol. The molecule has 2 aromatic carbocycles. The molecule has 0 aliphatic rings. The van der Waals surface area contributed by atoms with Crippen molar-refractivity contribution in [1.82, 2.24) is 10.2 Å². The first kappa shape index (κ1) is 19.5. The van der Waals surface area contributed by atoms with E-state index < -0.39 is 6.04 Å². The van der Waals surface area contributed by atoms with Crippen LogP contribution in [-0.4, -0.2) is 36.9 Å². The summed E-state index contributed by atoms with van der Waals surface area (Å²) in [4.78, 5) is 27.0. The van der Waals surface area contributed by atoms with E-state index >= 15 is 0 Å². The van der Waals surface area contributed by atoms with Gasteiger partial charge in [0.05, 0.1) is 13.5 Å². The molecule has 5 heteroatoms. The quantitative estimate of drug-likeness (QED) is 0.793. The van der Waals surface area contributed by atoms with Crippen molar-refractivity contribution in [2.75, 3.05) is 14.2 Å². The van der Waals surface area contributed by atoms with Crippen molar-refractivity contribution in [2.24, 2.45) is 0 Å². The Morgan fingerprint density at radius 3 is 2.38 bits per heavy atom. The Morgan fingerprint density at radius 1 is 1.08 bits per heavy atom. The Morgan fingerprint density at radius 2 is 1.77 bits per heavy atom. The third-order valence-corrected chi connectivity index (χ3v) is 4.32. The van der Waals surface area contributed by atoms with Gasteiger partial charge in [-0.2, -0.15) is 0 Å². The normalized spacial score (nSPS) is 11.5. The van der Waals surface area contributed by atoms with E-state index in [1.165, 1.54) is 0 Å². The van der Waals surface area contributed by atoms with Gasteiger partial charge in [0.25, 0.3) is 0 Å². The molecule has 2 rings (SSSR count). The number of carbonyl (C=O) groups excluding carboxylic acids is 2. The Balaban J connectivity index is 2.27. The lowest BCUT2D eigenvalue weighted by atomic mass is 10.1. The zero-order chi connectivity index (χ0) is 18.9. The number of hydrogen-bond donors (Lipinski definition) is 1. The molecule has 2 amide bonds. The second kappa shape index (κ2) is 9.61. The minimum atomic E-state index is -0.512. The fourth-order valence-corrected chi connectivity index (χ4v) is 2.93. The van der Waals surface area contributed by atoms with Crippen molar-refractivity contribution in [3.63, 3.8) is 0 Å². The molecule has 0 bridgehead atoms. The Bertz CT molecular complexity index is 731. The average Bonchev–Trinajstić information content (AvgIpc) is 2.68. The topological polar surface area (TPSA) is 58.6 Å². The van der Waals surface area contributed by atoms with E-state index in [1.54, 1.807) is 19.1 Å². The van der Waals surface area contributed by atoms with Crippen LogP contribution in [-0.2, 0) is 22.6 Å². The van der Waals surface area contributed by atoms with Crippen LogP contribution in [0.3, 0.4) is 0 Å². The first-order valence-electron chi connectivity index (χ1n) is 8.77. The summed E-state index contributed by atoms with van der Waals surface area (Å²) in [5.41, 5.74) is 1.85.